The molecule has 5 heteroatoms. The number of aliphatic carboxylic acids is 1. The molecule has 4 rings (SSSR count). The van der Waals surface area contributed by atoms with Crippen molar-refractivity contribution >= 4 is 11.9 Å². The van der Waals surface area contributed by atoms with E-state index in [2.05, 4.69) is 13.0 Å². The van der Waals surface area contributed by atoms with Gasteiger partial charge in [0.05, 0.1) is 0 Å². The Morgan fingerprint density at radius 1 is 1.23 bits per heavy atom. The molecule has 26 heavy (non-hydrogen) atoms. The molecule has 0 bridgehead atoms. The molecule has 0 aliphatic heterocycles. The van der Waals surface area contributed by atoms with Crippen molar-refractivity contribution in [3.63, 3.8) is 0 Å². The van der Waals surface area contributed by atoms with Crippen LogP contribution in [0.4, 0.5) is 0 Å². The van der Waals surface area contributed by atoms with Crippen molar-refractivity contribution in [3.05, 3.63) is 29.3 Å². The molecule has 3 aliphatic rings. The van der Waals surface area contributed by atoms with Gasteiger partial charge in [0.15, 0.2) is 0 Å². The molecule has 0 saturated heterocycles. The highest BCUT2D eigenvalue weighted by Crippen LogP contribution is 2.61. The zero-order chi connectivity index (χ0) is 18.5. The summed E-state index contributed by atoms with van der Waals surface area (Å²) in [4.78, 5) is 22.6. The number of phenols is 1. The number of rotatable bonds is 3. The number of aryl methyl sites for hydroxylation is 1. The summed E-state index contributed by atoms with van der Waals surface area (Å²) in [7, 11) is 0. The van der Waals surface area contributed by atoms with Crippen LogP contribution in [0.15, 0.2) is 18.2 Å². The fourth-order valence-corrected chi connectivity index (χ4v) is 6.04. The molecule has 1 aromatic rings. The van der Waals surface area contributed by atoms with Crippen molar-refractivity contribution in [2.24, 2.45) is 17.3 Å². The molecule has 2 N–H and O–H groups in total. The zero-order valence-corrected chi connectivity index (χ0v) is 15.1. The monoisotopic (exact) mass is 358 g/mol. The number of carbonyl (C=O) groups is 2. The molecule has 0 aromatic heterocycles. The normalized spacial score (nSPS) is 35.1. The number of carboxylic acids is 1. The molecule has 0 heterocycles. The number of carbonyl (C=O) groups excluding carboxylic acids is 1. The van der Waals surface area contributed by atoms with E-state index in [1.807, 2.05) is 6.07 Å². The number of hydrogen-bond donors (Lipinski definition) is 2. The number of phenolic OH excluding ortho intramolecular Hbond substituents is 1. The first kappa shape index (κ1) is 17.4. The lowest BCUT2D eigenvalue weighted by Crippen LogP contribution is -2.45. The number of esters is 1. The summed E-state index contributed by atoms with van der Waals surface area (Å²) in [6, 6.07) is 5.79. The quantitative estimate of drug-likeness (QED) is 0.637. The summed E-state index contributed by atoms with van der Waals surface area (Å²) in [6.07, 6.45) is 5.29. The van der Waals surface area contributed by atoms with Crippen molar-refractivity contribution in [1.29, 1.82) is 0 Å². The number of ether oxygens (including phenoxy) is 1. The second-order valence-electron chi connectivity index (χ2n) is 8.47. The van der Waals surface area contributed by atoms with Gasteiger partial charge in [0, 0.05) is 5.41 Å². The van der Waals surface area contributed by atoms with E-state index >= 15 is 0 Å². The average Bonchev–Trinajstić information content (AvgIpc) is 2.90. The first-order chi connectivity index (χ1) is 12.4. The number of aromatic hydroxyl groups is 1. The lowest BCUT2D eigenvalue weighted by molar-refractivity contribution is -0.161. The summed E-state index contributed by atoms with van der Waals surface area (Å²) < 4.78 is 5.61. The second-order valence-corrected chi connectivity index (χ2v) is 8.47. The highest BCUT2D eigenvalue weighted by molar-refractivity contribution is 5.90. The van der Waals surface area contributed by atoms with Gasteiger partial charge in [-0.05, 0) is 79.5 Å². The van der Waals surface area contributed by atoms with Gasteiger partial charge in [0.25, 0.3) is 0 Å². The van der Waals surface area contributed by atoms with E-state index in [9.17, 15) is 14.7 Å². The molecule has 5 atom stereocenters. The van der Waals surface area contributed by atoms with Gasteiger partial charge in [-0.3, -0.25) is 9.59 Å². The van der Waals surface area contributed by atoms with E-state index in [1.54, 1.807) is 6.07 Å². The van der Waals surface area contributed by atoms with Crippen LogP contribution in [0.2, 0.25) is 0 Å². The van der Waals surface area contributed by atoms with E-state index in [0.717, 1.165) is 38.5 Å². The fourth-order valence-electron chi connectivity index (χ4n) is 6.04. The molecule has 2 saturated carbocycles. The van der Waals surface area contributed by atoms with Gasteiger partial charge in [0.2, 0.25) is 0 Å². The molecule has 5 nitrogen and oxygen atoms in total. The van der Waals surface area contributed by atoms with Crippen LogP contribution in [-0.2, 0) is 20.7 Å². The molecule has 2 fully saturated rings. The Labute approximate surface area is 153 Å². The SMILES string of the molecule is C[C@]12CC[C@@H]3c4ccc(O)cc4CCC3[C@@H]1CC[C@H]2OC(=O)CC(=O)O. The number of carboxylic acid groups (broad SMARTS) is 1. The summed E-state index contributed by atoms with van der Waals surface area (Å²) in [6.45, 7) is 2.23. The number of fused-ring (bicyclic) bond motifs is 5. The summed E-state index contributed by atoms with van der Waals surface area (Å²) in [5, 5.41) is 18.6. The molecule has 140 valence electrons. The Kier molecular flexibility index (Phi) is 4.20. The van der Waals surface area contributed by atoms with Crippen molar-refractivity contribution in [1.82, 2.24) is 0 Å². The highest BCUT2D eigenvalue weighted by Gasteiger charge is 2.56. The lowest BCUT2D eigenvalue weighted by Gasteiger charge is -2.50. The molecule has 3 aliphatic carbocycles. The first-order valence-corrected chi connectivity index (χ1v) is 9.61. The van der Waals surface area contributed by atoms with Crippen LogP contribution in [-0.4, -0.2) is 28.3 Å². The molecule has 0 radical (unpaired) electrons. The van der Waals surface area contributed by atoms with Crippen LogP contribution in [0.5, 0.6) is 5.75 Å². The van der Waals surface area contributed by atoms with Gasteiger partial charge in [0.1, 0.15) is 18.3 Å². The van der Waals surface area contributed by atoms with Gasteiger partial charge in [-0.15, -0.1) is 0 Å². The maximum absolute atomic E-state index is 11.9. The van der Waals surface area contributed by atoms with Crippen molar-refractivity contribution in [2.75, 3.05) is 0 Å². The van der Waals surface area contributed by atoms with Crippen LogP contribution in [0.3, 0.4) is 0 Å². The van der Waals surface area contributed by atoms with Crippen LogP contribution in [0, 0.1) is 17.3 Å². The highest BCUT2D eigenvalue weighted by atomic mass is 16.5. The minimum absolute atomic E-state index is 0.0518. The predicted molar refractivity (Wildman–Crippen MR) is 94.9 cm³/mol. The molecule has 0 spiro atoms. The van der Waals surface area contributed by atoms with Gasteiger partial charge >= 0.3 is 11.9 Å². The summed E-state index contributed by atoms with van der Waals surface area (Å²) in [5.74, 6) is 0.196. The average molecular weight is 358 g/mol. The van der Waals surface area contributed by atoms with Crippen molar-refractivity contribution in [3.8, 4) is 5.75 Å². The van der Waals surface area contributed by atoms with Gasteiger partial charge in [-0.1, -0.05) is 13.0 Å². The number of hydrogen-bond acceptors (Lipinski definition) is 4. The third kappa shape index (κ3) is 2.78. The second kappa shape index (κ2) is 6.29. The Bertz CT molecular complexity index is 742. The molecule has 1 unspecified atom stereocenters. The topological polar surface area (TPSA) is 83.8 Å². The minimum Gasteiger partial charge on any atom is -0.508 e. The van der Waals surface area contributed by atoms with Crippen LogP contribution >= 0.6 is 0 Å². The molecule has 0 amide bonds. The molecule has 1 aromatic carbocycles. The van der Waals surface area contributed by atoms with E-state index < -0.39 is 18.4 Å². The largest absolute Gasteiger partial charge is 0.508 e. The standard InChI is InChI=1S/C21H26O5/c1-21-9-8-15-14-5-3-13(22)10-12(14)2-4-16(15)17(21)6-7-18(21)26-20(25)11-19(23)24/h3,5,10,15-18,22H,2,4,6-9,11H2,1H3,(H,23,24)/t15-,16?,17+,18-,21+/m1/s1. The Balaban J connectivity index is 1.54. The summed E-state index contributed by atoms with van der Waals surface area (Å²) >= 11 is 0. The number of benzene rings is 1. The Morgan fingerprint density at radius 2 is 2.04 bits per heavy atom. The van der Waals surface area contributed by atoms with Gasteiger partial charge in [-0.2, -0.15) is 0 Å². The molecular formula is C21H26O5. The van der Waals surface area contributed by atoms with Gasteiger partial charge in [-0.25, -0.2) is 0 Å². The maximum atomic E-state index is 11.9. The van der Waals surface area contributed by atoms with E-state index in [-0.39, 0.29) is 11.5 Å². The van der Waals surface area contributed by atoms with Crippen molar-refractivity contribution in [2.45, 2.75) is 63.9 Å². The minimum atomic E-state index is -1.13. The maximum Gasteiger partial charge on any atom is 0.317 e. The van der Waals surface area contributed by atoms with Gasteiger partial charge < -0.3 is 14.9 Å². The Morgan fingerprint density at radius 3 is 2.81 bits per heavy atom. The third-order valence-electron chi connectivity index (χ3n) is 7.19. The lowest BCUT2D eigenvalue weighted by atomic mass is 9.55. The fraction of sp³-hybridized carbons (Fsp3) is 0.619. The van der Waals surface area contributed by atoms with Crippen LogP contribution in [0.1, 0.15) is 62.5 Å². The predicted octanol–water partition coefficient (Wildman–Crippen LogP) is 3.63. The van der Waals surface area contributed by atoms with E-state index in [1.165, 1.54) is 11.1 Å². The van der Waals surface area contributed by atoms with E-state index in [0.29, 0.717) is 23.5 Å². The zero-order valence-electron chi connectivity index (χ0n) is 15.1. The Hall–Kier alpha value is -2.04. The molecular weight excluding hydrogens is 332 g/mol. The van der Waals surface area contributed by atoms with E-state index in [4.69, 9.17) is 9.84 Å². The summed E-state index contributed by atoms with van der Waals surface area (Å²) in [5.41, 5.74) is 2.61. The van der Waals surface area contributed by atoms with Crippen molar-refractivity contribution < 1.29 is 24.5 Å². The van der Waals surface area contributed by atoms with Crippen LogP contribution < -0.4 is 0 Å². The van der Waals surface area contributed by atoms with Crippen LogP contribution in [0.25, 0.3) is 0 Å². The first-order valence-electron chi connectivity index (χ1n) is 9.61. The smallest absolute Gasteiger partial charge is 0.317 e. The third-order valence-corrected chi connectivity index (χ3v) is 7.19.